The lowest BCUT2D eigenvalue weighted by atomic mass is 10.1. The Morgan fingerprint density at radius 1 is 1.12 bits per heavy atom. The monoisotopic (exact) mass is 366 g/mol. The molecule has 0 bridgehead atoms. The summed E-state index contributed by atoms with van der Waals surface area (Å²) in [5.41, 5.74) is 3.07. The number of thioether (sulfide) groups is 1. The predicted molar refractivity (Wildman–Crippen MR) is 105 cm³/mol. The van der Waals surface area contributed by atoms with Crippen LogP contribution in [0.3, 0.4) is 0 Å². The molecule has 1 heterocycles. The molecule has 134 valence electrons. The summed E-state index contributed by atoms with van der Waals surface area (Å²) in [5, 5.41) is 12.0. The van der Waals surface area contributed by atoms with Gasteiger partial charge in [-0.05, 0) is 31.0 Å². The standard InChI is InChI=1S/C20H22N4OS/c1-14-9-7-8-12-17(14)21-19(25)15(2)26-20-23-22-18(24(20)3)13-16-10-5-4-6-11-16/h4-12,15H,13H2,1-3H3,(H,21,25)/t15-/m0/s1. The van der Waals surface area contributed by atoms with Crippen molar-refractivity contribution in [1.82, 2.24) is 14.8 Å². The van der Waals surface area contributed by atoms with Crippen molar-refractivity contribution >= 4 is 23.4 Å². The number of rotatable bonds is 6. The number of amides is 1. The molecule has 3 rings (SSSR count). The third-order valence-corrected chi connectivity index (χ3v) is 5.32. The van der Waals surface area contributed by atoms with Gasteiger partial charge in [0.25, 0.3) is 0 Å². The van der Waals surface area contributed by atoms with E-state index in [1.165, 1.54) is 17.3 Å². The molecule has 0 aliphatic rings. The van der Waals surface area contributed by atoms with Crippen LogP contribution in [0.1, 0.15) is 23.9 Å². The molecule has 26 heavy (non-hydrogen) atoms. The number of nitrogens with zero attached hydrogens (tertiary/aromatic N) is 3. The Kier molecular flexibility index (Phi) is 5.73. The van der Waals surface area contributed by atoms with Crippen molar-refractivity contribution < 1.29 is 4.79 Å². The van der Waals surface area contributed by atoms with Crippen molar-refractivity contribution in [3.63, 3.8) is 0 Å². The number of hydrogen-bond donors (Lipinski definition) is 1. The maximum Gasteiger partial charge on any atom is 0.237 e. The lowest BCUT2D eigenvalue weighted by Crippen LogP contribution is -2.23. The Morgan fingerprint density at radius 3 is 2.54 bits per heavy atom. The fourth-order valence-electron chi connectivity index (χ4n) is 2.54. The highest BCUT2D eigenvalue weighted by Gasteiger charge is 2.19. The number of carbonyl (C=O) groups is 1. The third kappa shape index (κ3) is 4.32. The quantitative estimate of drug-likeness (QED) is 0.674. The maximum atomic E-state index is 12.5. The van der Waals surface area contributed by atoms with Crippen molar-refractivity contribution in [2.24, 2.45) is 7.05 Å². The molecule has 1 N–H and O–H groups in total. The molecule has 1 aromatic heterocycles. The van der Waals surface area contributed by atoms with Gasteiger partial charge in [0, 0.05) is 19.2 Å². The highest BCUT2D eigenvalue weighted by molar-refractivity contribution is 8.00. The SMILES string of the molecule is Cc1ccccc1NC(=O)[C@H](C)Sc1nnc(Cc2ccccc2)n1C. The normalized spacial score (nSPS) is 12.0. The summed E-state index contributed by atoms with van der Waals surface area (Å²) in [5.74, 6) is 0.835. The number of hydrogen-bond acceptors (Lipinski definition) is 4. The topological polar surface area (TPSA) is 59.8 Å². The highest BCUT2D eigenvalue weighted by atomic mass is 32.2. The van der Waals surface area contributed by atoms with E-state index in [1.807, 2.05) is 67.9 Å². The van der Waals surface area contributed by atoms with E-state index >= 15 is 0 Å². The molecule has 5 nitrogen and oxygen atoms in total. The molecule has 6 heteroatoms. The summed E-state index contributed by atoms with van der Waals surface area (Å²) >= 11 is 1.41. The van der Waals surface area contributed by atoms with Gasteiger partial charge in [0.2, 0.25) is 5.91 Å². The van der Waals surface area contributed by atoms with Crippen LogP contribution in [-0.4, -0.2) is 25.9 Å². The van der Waals surface area contributed by atoms with Gasteiger partial charge in [-0.2, -0.15) is 0 Å². The first kappa shape index (κ1) is 18.2. The summed E-state index contributed by atoms with van der Waals surface area (Å²) in [6.07, 6.45) is 0.717. The Hall–Kier alpha value is -2.60. The second-order valence-corrected chi connectivity index (χ2v) is 7.49. The molecule has 0 aliphatic heterocycles. The van der Waals surface area contributed by atoms with E-state index in [9.17, 15) is 4.79 Å². The van der Waals surface area contributed by atoms with Crippen molar-refractivity contribution in [1.29, 1.82) is 0 Å². The van der Waals surface area contributed by atoms with Gasteiger partial charge in [0.05, 0.1) is 5.25 Å². The van der Waals surface area contributed by atoms with Gasteiger partial charge < -0.3 is 9.88 Å². The first-order valence-corrected chi connectivity index (χ1v) is 9.38. The van der Waals surface area contributed by atoms with E-state index in [-0.39, 0.29) is 11.2 Å². The Bertz CT molecular complexity index is 892. The molecule has 2 aromatic carbocycles. The van der Waals surface area contributed by atoms with Gasteiger partial charge in [-0.15, -0.1) is 10.2 Å². The third-order valence-electron chi connectivity index (χ3n) is 4.18. The number of benzene rings is 2. The van der Waals surface area contributed by atoms with Gasteiger partial charge in [-0.3, -0.25) is 4.79 Å². The Balaban J connectivity index is 1.65. The second kappa shape index (κ2) is 8.19. The molecule has 0 aliphatic carbocycles. The molecular weight excluding hydrogens is 344 g/mol. The van der Waals surface area contributed by atoms with E-state index in [2.05, 4.69) is 27.6 Å². The molecule has 3 aromatic rings. The maximum absolute atomic E-state index is 12.5. The van der Waals surface area contributed by atoms with Gasteiger partial charge in [0.15, 0.2) is 5.16 Å². The molecule has 0 spiro atoms. The zero-order chi connectivity index (χ0) is 18.5. The molecule has 1 amide bonds. The molecule has 0 unspecified atom stereocenters. The van der Waals surface area contributed by atoms with Crippen LogP contribution < -0.4 is 5.32 Å². The van der Waals surface area contributed by atoms with Crippen LogP contribution in [0, 0.1) is 6.92 Å². The van der Waals surface area contributed by atoms with E-state index in [1.54, 1.807) is 0 Å². The summed E-state index contributed by atoms with van der Waals surface area (Å²) < 4.78 is 1.95. The van der Waals surface area contributed by atoms with Crippen LogP contribution in [-0.2, 0) is 18.3 Å². The number of anilines is 1. The van der Waals surface area contributed by atoms with Crippen molar-refractivity contribution in [3.05, 3.63) is 71.5 Å². The van der Waals surface area contributed by atoms with E-state index < -0.39 is 0 Å². The second-order valence-electron chi connectivity index (χ2n) is 6.18. The predicted octanol–water partition coefficient (Wildman–Crippen LogP) is 3.83. The number of aromatic nitrogens is 3. The van der Waals surface area contributed by atoms with Crippen molar-refractivity contribution in [3.8, 4) is 0 Å². The molecule has 0 saturated carbocycles. The van der Waals surface area contributed by atoms with Crippen LogP contribution >= 0.6 is 11.8 Å². The number of aryl methyl sites for hydroxylation is 1. The first-order valence-electron chi connectivity index (χ1n) is 8.50. The molecule has 1 atom stereocenters. The van der Waals surface area contributed by atoms with Crippen LogP contribution in [0.15, 0.2) is 59.8 Å². The summed E-state index contributed by atoms with van der Waals surface area (Å²) in [6.45, 7) is 3.86. The van der Waals surface area contributed by atoms with Gasteiger partial charge in [-0.1, -0.05) is 60.3 Å². The van der Waals surface area contributed by atoms with E-state index in [0.29, 0.717) is 6.42 Å². The summed E-state index contributed by atoms with van der Waals surface area (Å²) in [7, 11) is 1.94. The lowest BCUT2D eigenvalue weighted by Gasteiger charge is -2.13. The average Bonchev–Trinajstić information content (AvgIpc) is 2.98. The van der Waals surface area contributed by atoms with Gasteiger partial charge in [0.1, 0.15) is 5.82 Å². The fourth-order valence-corrected chi connectivity index (χ4v) is 3.37. The minimum absolute atomic E-state index is 0.0445. The summed E-state index contributed by atoms with van der Waals surface area (Å²) in [4.78, 5) is 12.5. The minimum atomic E-state index is -0.276. The molecule has 0 radical (unpaired) electrons. The number of carbonyl (C=O) groups excluding carboxylic acids is 1. The largest absolute Gasteiger partial charge is 0.325 e. The zero-order valence-corrected chi connectivity index (χ0v) is 16.0. The van der Waals surface area contributed by atoms with Crippen LogP contribution in [0.2, 0.25) is 0 Å². The smallest absolute Gasteiger partial charge is 0.237 e. The number of nitrogens with one attached hydrogen (secondary N) is 1. The van der Waals surface area contributed by atoms with Gasteiger partial charge >= 0.3 is 0 Å². The lowest BCUT2D eigenvalue weighted by molar-refractivity contribution is -0.115. The Morgan fingerprint density at radius 2 is 1.81 bits per heavy atom. The average molecular weight is 366 g/mol. The highest BCUT2D eigenvalue weighted by Crippen LogP contribution is 2.24. The van der Waals surface area contributed by atoms with E-state index in [0.717, 1.165) is 22.2 Å². The number of para-hydroxylation sites is 1. The summed E-state index contributed by atoms with van der Waals surface area (Å²) in [6, 6.07) is 17.9. The van der Waals surface area contributed by atoms with Crippen LogP contribution in [0.5, 0.6) is 0 Å². The van der Waals surface area contributed by atoms with Crippen LogP contribution in [0.4, 0.5) is 5.69 Å². The molecule has 0 saturated heterocycles. The Labute approximate surface area is 157 Å². The minimum Gasteiger partial charge on any atom is -0.325 e. The molecule has 0 fully saturated rings. The van der Waals surface area contributed by atoms with Crippen molar-refractivity contribution in [2.45, 2.75) is 30.7 Å². The first-order chi connectivity index (χ1) is 12.5. The molecular formula is C20H22N4OS. The zero-order valence-electron chi connectivity index (χ0n) is 15.1. The van der Waals surface area contributed by atoms with Gasteiger partial charge in [-0.25, -0.2) is 0 Å². The van der Waals surface area contributed by atoms with Crippen LogP contribution in [0.25, 0.3) is 0 Å². The fraction of sp³-hybridized carbons (Fsp3) is 0.250. The van der Waals surface area contributed by atoms with Crippen molar-refractivity contribution in [2.75, 3.05) is 5.32 Å². The van der Waals surface area contributed by atoms with E-state index in [4.69, 9.17) is 0 Å².